The van der Waals surface area contributed by atoms with Crippen LogP contribution in [0.3, 0.4) is 0 Å². The molecule has 1 saturated heterocycles. The van der Waals surface area contributed by atoms with Crippen molar-refractivity contribution in [3.05, 3.63) is 12.2 Å². The number of carbonyl (C=O) groups is 5. The zero-order valence-corrected chi connectivity index (χ0v) is 17.3. The second kappa shape index (κ2) is 11.5. The number of esters is 1. The van der Waals surface area contributed by atoms with Crippen molar-refractivity contribution in [2.45, 2.75) is 59.1 Å². The molecule has 1 aliphatic rings. The first-order valence-corrected chi connectivity index (χ1v) is 9.62. The highest BCUT2D eigenvalue weighted by Gasteiger charge is 2.44. The van der Waals surface area contributed by atoms with Crippen molar-refractivity contribution in [3.63, 3.8) is 0 Å². The first-order chi connectivity index (χ1) is 13.6. The normalized spacial score (nSPS) is 18.6. The maximum atomic E-state index is 12.9. The Morgan fingerprint density at radius 1 is 1.21 bits per heavy atom. The predicted molar refractivity (Wildman–Crippen MR) is 102 cm³/mol. The van der Waals surface area contributed by atoms with E-state index < -0.39 is 41.8 Å². The molecule has 1 rings (SSSR count). The van der Waals surface area contributed by atoms with E-state index >= 15 is 0 Å². The number of imide groups is 1. The summed E-state index contributed by atoms with van der Waals surface area (Å²) in [4.78, 5) is 61.6. The molecule has 0 aromatic rings. The van der Waals surface area contributed by atoms with Crippen molar-refractivity contribution >= 4 is 29.5 Å². The summed E-state index contributed by atoms with van der Waals surface area (Å²) in [7, 11) is 0. The number of rotatable bonds is 11. The van der Waals surface area contributed by atoms with E-state index in [1.54, 1.807) is 0 Å². The molecule has 0 saturated carbocycles. The fraction of sp³-hybridized carbons (Fsp3) is 0.650. The van der Waals surface area contributed by atoms with E-state index in [-0.39, 0.29) is 31.3 Å². The quantitative estimate of drug-likeness (QED) is 0.307. The van der Waals surface area contributed by atoms with Crippen molar-refractivity contribution in [2.24, 2.45) is 11.8 Å². The van der Waals surface area contributed by atoms with Gasteiger partial charge in [0.2, 0.25) is 5.91 Å². The summed E-state index contributed by atoms with van der Waals surface area (Å²) in [5, 5.41) is 8.73. The Morgan fingerprint density at radius 2 is 1.86 bits per heavy atom. The summed E-state index contributed by atoms with van der Waals surface area (Å²) in [6.45, 7) is 6.18. The number of carbonyl (C=O) groups excluding carboxylic acids is 5. The summed E-state index contributed by atoms with van der Waals surface area (Å²) >= 11 is 0. The fourth-order valence-corrected chi connectivity index (χ4v) is 2.88. The van der Waals surface area contributed by atoms with Crippen LogP contribution in [0.25, 0.3) is 0 Å². The van der Waals surface area contributed by atoms with E-state index in [0.717, 1.165) is 24.0 Å². The fourth-order valence-electron chi connectivity index (χ4n) is 2.88. The molecule has 0 aliphatic carbocycles. The minimum atomic E-state index is -1.47. The smallest absolute Gasteiger partial charge is 0.416 e. The SMILES string of the molecule is CC(=O)O[C@H](C(=O)C=CC(=O)CCCCO)[C@H](C)C(=O)N1C(=O)OC[C@@H]1C(C)C. The number of aliphatic hydroxyl groups is 1. The first kappa shape index (κ1) is 24.5. The molecule has 0 spiro atoms. The van der Waals surface area contributed by atoms with Gasteiger partial charge in [-0.05, 0) is 37.8 Å². The average Bonchev–Trinajstić information content (AvgIpc) is 3.04. The van der Waals surface area contributed by atoms with Gasteiger partial charge in [0.05, 0.1) is 12.0 Å². The van der Waals surface area contributed by atoms with Crippen molar-refractivity contribution in [3.8, 4) is 0 Å². The molecule has 1 aliphatic heterocycles. The highest BCUT2D eigenvalue weighted by atomic mass is 16.6. The monoisotopic (exact) mass is 411 g/mol. The van der Waals surface area contributed by atoms with Crippen LogP contribution >= 0.6 is 0 Å². The van der Waals surface area contributed by atoms with E-state index in [2.05, 4.69) is 0 Å². The van der Waals surface area contributed by atoms with Crippen LogP contribution in [0.4, 0.5) is 4.79 Å². The van der Waals surface area contributed by atoms with E-state index in [1.165, 1.54) is 6.92 Å². The summed E-state index contributed by atoms with van der Waals surface area (Å²) in [6, 6.07) is -0.478. The van der Waals surface area contributed by atoms with Gasteiger partial charge < -0.3 is 14.6 Å². The van der Waals surface area contributed by atoms with Crippen molar-refractivity contribution in [1.82, 2.24) is 4.90 Å². The maximum absolute atomic E-state index is 12.9. The van der Waals surface area contributed by atoms with Gasteiger partial charge in [-0.1, -0.05) is 13.8 Å². The lowest BCUT2D eigenvalue weighted by Gasteiger charge is -2.28. The number of allylic oxidation sites excluding steroid dienone is 1. The maximum Gasteiger partial charge on any atom is 0.416 e. The van der Waals surface area contributed by atoms with Gasteiger partial charge in [0, 0.05) is 20.0 Å². The van der Waals surface area contributed by atoms with Crippen LogP contribution < -0.4 is 0 Å². The minimum Gasteiger partial charge on any atom is -0.453 e. The van der Waals surface area contributed by atoms with E-state index in [4.69, 9.17) is 14.6 Å². The molecule has 0 aromatic heterocycles. The molecule has 3 atom stereocenters. The average molecular weight is 411 g/mol. The van der Waals surface area contributed by atoms with Gasteiger partial charge >= 0.3 is 12.1 Å². The molecule has 0 radical (unpaired) electrons. The summed E-state index contributed by atoms with van der Waals surface area (Å²) in [5.41, 5.74) is 0. The third-order valence-corrected chi connectivity index (χ3v) is 4.59. The van der Waals surface area contributed by atoms with Crippen LogP contribution in [-0.4, -0.2) is 64.9 Å². The van der Waals surface area contributed by atoms with Gasteiger partial charge in [-0.2, -0.15) is 0 Å². The van der Waals surface area contributed by atoms with E-state index in [0.29, 0.717) is 12.8 Å². The summed E-state index contributed by atoms with van der Waals surface area (Å²) in [6.07, 6.45) is 0.871. The van der Waals surface area contributed by atoms with E-state index in [9.17, 15) is 24.0 Å². The van der Waals surface area contributed by atoms with Gasteiger partial charge in [-0.3, -0.25) is 19.2 Å². The summed E-state index contributed by atoms with van der Waals surface area (Å²) in [5.74, 6) is -3.71. The molecular formula is C20H29NO8. The molecular weight excluding hydrogens is 382 g/mol. The number of cyclic esters (lactones) is 1. The molecule has 2 amide bonds. The third kappa shape index (κ3) is 7.08. The third-order valence-electron chi connectivity index (χ3n) is 4.59. The van der Waals surface area contributed by atoms with Crippen molar-refractivity contribution in [1.29, 1.82) is 0 Å². The number of ketones is 2. The lowest BCUT2D eigenvalue weighted by Crippen LogP contribution is -2.48. The number of unbranched alkanes of at least 4 members (excludes halogenated alkanes) is 1. The van der Waals surface area contributed by atoms with Gasteiger partial charge in [0.1, 0.15) is 6.61 Å². The summed E-state index contributed by atoms with van der Waals surface area (Å²) < 4.78 is 9.99. The molecule has 1 N–H and O–H groups in total. The number of aliphatic hydroxyl groups excluding tert-OH is 1. The zero-order valence-electron chi connectivity index (χ0n) is 17.3. The number of ether oxygens (including phenoxy) is 2. The van der Waals surface area contributed by atoms with Gasteiger partial charge in [-0.15, -0.1) is 0 Å². The number of hydrogen-bond acceptors (Lipinski definition) is 8. The lowest BCUT2D eigenvalue weighted by molar-refractivity contribution is -0.158. The largest absolute Gasteiger partial charge is 0.453 e. The molecule has 9 heteroatoms. The Hall–Kier alpha value is -2.55. The Balaban J connectivity index is 2.94. The van der Waals surface area contributed by atoms with Crippen LogP contribution in [0.5, 0.6) is 0 Å². The van der Waals surface area contributed by atoms with Crippen molar-refractivity contribution in [2.75, 3.05) is 13.2 Å². The zero-order chi connectivity index (χ0) is 22.1. The topological polar surface area (TPSA) is 127 Å². The van der Waals surface area contributed by atoms with Gasteiger partial charge in [-0.25, -0.2) is 9.69 Å². The highest BCUT2D eigenvalue weighted by molar-refractivity contribution is 6.04. The molecule has 1 fully saturated rings. The van der Waals surface area contributed by atoms with Crippen molar-refractivity contribution < 1.29 is 38.6 Å². The molecule has 0 aromatic carbocycles. The van der Waals surface area contributed by atoms with Crippen LogP contribution in [0.15, 0.2) is 12.2 Å². The standard InChI is InChI=1S/C20H29NO8/c1-12(2)16-11-28-20(27)21(16)19(26)13(3)18(29-14(4)23)17(25)9-8-15(24)7-5-6-10-22/h8-9,12-13,16,18,22H,5-7,10-11H2,1-4H3/t13-,16+,18-/m0/s1. The van der Waals surface area contributed by atoms with Gasteiger partial charge in [0.15, 0.2) is 17.7 Å². The first-order valence-electron chi connectivity index (χ1n) is 9.62. The number of nitrogens with zero attached hydrogens (tertiary/aromatic N) is 1. The molecule has 0 bridgehead atoms. The molecule has 0 unspecified atom stereocenters. The Labute approximate surface area is 170 Å². The molecule has 29 heavy (non-hydrogen) atoms. The predicted octanol–water partition coefficient (Wildman–Crippen LogP) is 1.41. The van der Waals surface area contributed by atoms with Crippen LogP contribution in [0.2, 0.25) is 0 Å². The number of amides is 2. The highest BCUT2D eigenvalue weighted by Crippen LogP contribution is 2.24. The molecule has 1 heterocycles. The van der Waals surface area contributed by atoms with Crippen LogP contribution in [0.1, 0.15) is 47.0 Å². The van der Waals surface area contributed by atoms with Crippen LogP contribution in [-0.2, 0) is 28.7 Å². The second-order valence-electron chi connectivity index (χ2n) is 7.30. The molecule has 9 nitrogen and oxygen atoms in total. The van der Waals surface area contributed by atoms with Crippen LogP contribution in [0, 0.1) is 11.8 Å². The lowest BCUT2D eigenvalue weighted by atomic mass is 9.96. The van der Waals surface area contributed by atoms with E-state index in [1.807, 2.05) is 13.8 Å². The Kier molecular flexibility index (Phi) is 9.67. The Morgan fingerprint density at radius 3 is 2.41 bits per heavy atom. The minimum absolute atomic E-state index is 0.0274. The Bertz CT molecular complexity index is 669. The number of hydrogen-bond donors (Lipinski definition) is 1. The second-order valence-corrected chi connectivity index (χ2v) is 7.30. The van der Waals surface area contributed by atoms with Gasteiger partial charge in [0.25, 0.3) is 0 Å². The molecule has 162 valence electrons.